The SMILES string of the molecule is CCOC(=O)N1CCC(NC(=O)CCc2ccccc2N)CC1. The lowest BCUT2D eigenvalue weighted by Crippen LogP contribution is -2.46. The van der Waals surface area contributed by atoms with Gasteiger partial charge in [-0.3, -0.25) is 4.79 Å². The van der Waals surface area contributed by atoms with Gasteiger partial charge in [0.2, 0.25) is 5.91 Å². The minimum atomic E-state index is -0.267. The number of ether oxygens (including phenoxy) is 1. The number of nitrogens with zero attached hydrogens (tertiary/aromatic N) is 1. The second-order valence-corrected chi connectivity index (χ2v) is 5.73. The normalized spacial score (nSPS) is 15.3. The Morgan fingerprint density at radius 3 is 2.65 bits per heavy atom. The second kappa shape index (κ2) is 8.41. The molecule has 0 aliphatic carbocycles. The van der Waals surface area contributed by atoms with E-state index >= 15 is 0 Å². The number of benzene rings is 1. The molecule has 1 aliphatic heterocycles. The van der Waals surface area contributed by atoms with E-state index in [4.69, 9.17) is 10.5 Å². The summed E-state index contributed by atoms with van der Waals surface area (Å²) in [6.07, 6.45) is 2.32. The first-order valence-electron chi connectivity index (χ1n) is 8.14. The topological polar surface area (TPSA) is 84.7 Å². The number of rotatable bonds is 5. The molecule has 2 amide bonds. The van der Waals surface area contributed by atoms with E-state index in [2.05, 4.69) is 5.32 Å². The second-order valence-electron chi connectivity index (χ2n) is 5.73. The van der Waals surface area contributed by atoms with E-state index in [1.54, 1.807) is 11.8 Å². The van der Waals surface area contributed by atoms with E-state index in [1.807, 2.05) is 24.3 Å². The number of nitrogen functional groups attached to an aromatic ring is 1. The van der Waals surface area contributed by atoms with E-state index in [0.717, 1.165) is 24.1 Å². The van der Waals surface area contributed by atoms with E-state index in [-0.39, 0.29) is 18.0 Å². The Kier molecular flexibility index (Phi) is 6.26. The summed E-state index contributed by atoms with van der Waals surface area (Å²) in [4.78, 5) is 25.4. The molecule has 1 fully saturated rings. The Balaban J connectivity index is 1.71. The molecule has 0 atom stereocenters. The Bertz CT molecular complexity index is 540. The molecule has 0 spiro atoms. The van der Waals surface area contributed by atoms with Crippen molar-refractivity contribution >= 4 is 17.7 Å². The van der Waals surface area contributed by atoms with Gasteiger partial charge in [-0.2, -0.15) is 0 Å². The van der Waals surface area contributed by atoms with E-state index in [9.17, 15) is 9.59 Å². The van der Waals surface area contributed by atoms with Gasteiger partial charge in [-0.05, 0) is 37.8 Å². The van der Waals surface area contributed by atoms with Crippen molar-refractivity contribution in [1.29, 1.82) is 0 Å². The van der Waals surface area contributed by atoms with E-state index in [1.165, 1.54) is 0 Å². The largest absolute Gasteiger partial charge is 0.450 e. The van der Waals surface area contributed by atoms with Crippen molar-refractivity contribution in [1.82, 2.24) is 10.2 Å². The highest BCUT2D eigenvalue weighted by atomic mass is 16.6. The van der Waals surface area contributed by atoms with Gasteiger partial charge in [-0.25, -0.2) is 4.79 Å². The highest BCUT2D eigenvalue weighted by Gasteiger charge is 2.24. The molecule has 1 saturated heterocycles. The van der Waals surface area contributed by atoms with Crippen LogP contribution in [-0.4, -0.2) is 42.6 Å². The number of likely N-dealkylation sites (tertiary alicyclic amines) is 1. The Morgan fingerprint density at radius 1 is 1.30 bits per heavy atom. The molecule has 0 radical (unpaired) electrons. The average Bonchev–Trinajstić information content (AvgIpc) is 2.55. The van der Waals surface area contributed by atoms with Crippen molar-refractivity contribution in [3.8, 4) is 0 Å². The van der Waals surface area contributed by atoms with Crippen LogP contribution < -0.4 is 11.1 Å². The predicted molar refractivity (Wildman–Crippen MR) is 88.9 cm³/mol. The molecule has 6 heteroatoms. The maximum Gasteiger partial charge on any atom is 0.409 e. The lowest BCUT2D eigenvalue weighted by Gasteiger charge is -2.31. The molecule has 1 heterocycles. The zero-order valence-electron chi connectivity index (χ0n) is 13.6. The zero-order valence-corrected chi connectivity index (χ0v) is 13.6. The predicted octanol–water partition coefficient (Wildman–Crippen LogP) is 1.94. The molecule has 1 aromatic carbocycles. The van der Waals surface area contributed by atoms with Crippen LogP contribution in [0.2, 0.25) is 0 Å². The first-order valence-corrected chi connectivity index (χ1v) is 8.14. The highest BCUT2D eigenvalue weighted by molar-refractivity contribution is 5.76. The van der Waals surface area contributed by atoms with Gasteiger partial charge >= 0.3 is 6.09 Å². The summed E-state index contributed by atoms with van der Waals surface area (Å²) < 4.78 is 4.98. The van der Waals surface area contributed by atoms with Crippen LogP contribution in [0.25, 0.3) is 0 Å². The number of amides is 2. The van der Waals surface area contributed by atoms with Crippen LogP contribution in [0.1, 0.15) is 31.7 Å². The van der Waals surface area contributed by atoms with Gasteiger partial charge in [0.25, 0.3) is 0 Å². The summed E-state index contributed by atoms with van der Waals surface area (Å²) in [5, 5.41) is 3.04. The van der Waals surface area contributed by atoms with Gasteiger partial charge in [0, 0.05) is 31.2 Å². The molecule has 23 heavy (non-hydrogen) atoms. The van der Waals surface area contributed by atoms with Gasteiger partial charge in [0.05, 0.1) is 6.61 Å². The lowest BCUT2D eigenvalue weighted by atomic mass is 10.0. The molecular formula is C17H25N3O3. The Morgan fingerprint density at radius 2 is 2.00 bits per heavy atom. The fraction of sp³-hybridized carbons (Fsp3) is 0.529. The first-order chi connectivity index (χ1) is 11.1. The third-order valence-corrected chi connectivity index (χ3v) is 4.06. The van der Waals surface area contributed by atoms with Gasteiger partial charge in [-0.15, -0.1) is 0 Å². The maximum atomic E-state index is 12.1. The van der Waals surface area contributed by atoms with E-state index in [0.29, 0.717) is 32.5 Å². The highest BCUT2D eigenvalue weighted by Crippen LogP contribution is 2.14. The number of aryl methyl sites for hydroxylation is 1. The summed E-state index contributed by atoms with van der Waals surface area (Å²) in [5.41, 5.74) is 7.60. The molecule has 0 saturated carbocycles. The minimum Gasteiger partial charge on any atom is -0.450 e. The van der Waals surface area contributed by atoms with Crippen molar-refractivity contribution in [2.24, 2.45) is 0 Å². The number of anilines is 1. The van der Waals surface area contributed by atoms with Crippen molar-refractivity contribution in [3.05, 3.63) is 29.8 Å². The lowest BCUT2D eigenvalue weighted by molar-refractivity contribution is -0.122. The minimum absolute atomic E-state index is 0.0304. The van der Waals surface area contributed by atoms with Crippen molar-refractivity contribution in [2.75, 3.05) is 25.4 Å². The summed E-state index contributed by atoms with van der Waals surface area (Å²) in [5.74, 6) is 0.0304. The fourth-order valence-corrected chi connectivity index (χ4v) is 2.73. The third kappa shape index (κ3) is 5.16. The molecule has 0 aromatic heterocycles. The van der Waals surface area contributed by atoms with E-state index < -0.39 is 0 Å². The fourth-order valence-electron chi connectivity index (χ4n) is 2.73. The summed E-state index contributed by atoms with van der Waals surface area (Å²) in [6.45, 7) is 3.42. The quantitative estimate of drug-likeness (QED) is 0.812. The monoisotopic (exact) mass is 319 g/mol. The summed E-state index contributed by atoms with van der Waals surface area (Å²) >= 11 is 0. The van der Waals surface area contributed by atoms with Crippen molar-refractivity contribution in [2.45, 2.75) is 38.6 Å². The molecule has 126 valence electrons. The number of hydrogen-bond donors (Lipinski definition) is 2. The average molecular weight is 319 g/mol. The van der Waals surface area contributed by atoms with Crippen LogP contribution in [0.5, 0.6) is 0 Å². The Hall–Kier alpha value is -2.24. The van der Waals surface area contributed by atoms with Gasteiger partial charge in [0.15, 0.2) is 0 Å². The molecule has 3 N–H and O–H groups in total. The van der Waals surface area contributed by atoms with Crippen LogP contribution in [0.4, 0.5) is 10.5 Å². The molecule has 0 unspecified atom stereocenters. The molecule has 0 bridgehead atoms. The number of nitrogens with two attached hydrogens (primary N) is 1. The number of carbonyl (C=O) groups excluding carboxylic acids is 2. The summed E-state index contributed by atoms with van der Waals surface area (Å²) in [7, 11) is 0. The number of piperidine rings is 1. The molecule has 1 aliphatic rings. The first kappa shape index (κ1) is 17.1. The van der Waals surface area contributed by atoms with Crippen LogP contribution in [-0.2, 0) is 16.0 Å². The molecule has 1 aromatic rings. The number of hydrogen-bond acceptors (Lipinski definition) is 4. The van der Waals surface area contributed by atoms with Crippen LogP contribution in [0.15, 0.2) is 24.3 Å². The number of nitrogens with one attached hydrogen (secondary N) is 1. The van der Waals surface area contributed by atoms with Gasteiger partial charge in [0.1, 0.15) is 0 Å². The van der Waals surface area contributed by atoms with Crippen LogP contribution >= 0.6 is 0 Å². The van der Waals surface area contributed by atoms with Crippen molar-refractivity contribution < 1.29 is 14.3 Å². The van der Waals surface area contributed by atoms with Gasteiger partial charge < -0.3 is 20.7 Å². The number of para-hydroxylation sites is 1. The Labute approximate surface area is 137 Å². The zero-order chi connectivity index (χ0) is 16.7. The maximum absolute atomic E-state index is 12.1. The smallest absolute Gasteiger partial charge is 0.409 e. The summed E-state index contributed by atoms with van der Waals surface area (Å²) in [6, 6.07) is 7.73. The standard InChI is InChI=1S/C17H25N3O3/c1-2-23-17(22)20-11-9-14(10-12-20)19-16(21)8-7-13-5-3-4-6-15(13)18/h3-6,14H,2,7-12,18H2,1H3,(H,19,21). The number of carbonyl (C=O) groups is 2. The van der Waals surface area contributed by atoms with Crippen LogP contribution in [0, 0.1) is 0 Å². The van der Waals surface area contributed by atoms with Crippen LogP contribution in [0.3, 0.4) is 0 Å². The molecule has 2 rings (SSSR count). The van der Waals surface area contributed by atoms with Crippen molar-refractivity contribution in [3.63, 3.8) is 0 Å². The molecule has 6 nitrogen and oxygen atoms in total. The third-order valence-electron chi connectivity index (χ3n) is 4.06. The van der Waals surface area contributed by atoms with Gasteiger partial charge in [-0.1, -0.05) is 18.2 Å². The molecular weight excluding hydrogens is 294 g/mol.